The summed E-state index contributed by atoms with van der Waals surface area (Å²) in [6, 6.07) is 4.98. The molecule has 0 bridgehead atoms. The van der Waals surface area contributed by atoms with Crippen LogP contribution >= 0.6 is 0 Å². The number of hydrogen-bond acceptors (Lipinski definition) is 4. The number of benzene rings is 1. The molecule has 0 amide bonds. The van der Waals surface area contributed by atoms with Crippen LogP contribution in [0, 0.1) is 5.92 Å². The average molecular weight is 297 g/mol. The van der Waals surface area contributed by atoms with Gasteiger partial charge in [-0.15, -0.1) is 0 Å². The Kier molecular flexibility index (Phi) is 4.88. The molecule has 0 atom stereocenters. The fourth-order valence-corrected chi connectivity index (χ4v) is 3.57. The highest BCUT2D eigenvalue weighted by Crippen LogP contribution is 2.28. The van der Waals surface area contributed by atoms with E-state index in [4.69, 9.17) is 5.73 Å². The molecule has 6 heteroatoms. The van der Waals surface area contributed by atoms with Crippen molar-refractivity contribution in [3.8, 4) is 0 Å². The first-order valence-electron chi connectivity index (χ1n) is 7.10. The van der Waals surface area contributed by atoms with Crippen LogP contribution in [0.1, 0.15) is 32.1 Å². The standard InChI is InChI=1S/C14H23N3O2S/c1-16-20(18,19)14-7-6-12(10-13(14)15)17-9-8-11-4-2-3-5-11/h6-7,10-11,16-17H,2-5,8-9,15H2,1H3. The van der Waals surface area contributed by atoms with E-state index < -0.39 is 10.0 Å². The van der Waals surface area contributed by atoms with Crippen LogP contribution in [-0.2, 0) is 10.0 Å². The molecule has 0 saturated heterocycles. The summed E-state index contributed by atoms with van der Waals surface area (Å²) in [6.45, 7) is 0.905. The molecule has 1 saturated carbocycles. The molecule has 0 spiro atoms. The highest BCUT2D eigenvalue weighted by molar-refractivity contribution is 7.89. The third-order valence-corrected chi connectivity index (χ3v) is 5.41. The van der Waals surface area contributed by atoms with Gasteiger partial charge in [0.15, 0.2) is 0 Å². The Labute approximate surface area is 121 Å². The highest BCUT2D eigenvalue weighted by atomic mass is 32.2. The zero-order valence-corrected chi connectivity index (χ0v) is 12.7. The fraction of sp³-hybridized carbons (Fsp3) is 0.571. The van der Waals surface area contributed by atoms with Crippen LogP contribution in [0.2, 0.25) is 0 Å². The van der Waals surface area contributed by atoms with Gasteiger partial charge in [-0.2, -0.15) is 0 Å². The van der Waals surface area contributed by atoms with E-state index >= 15 is 0 Å². The van der Waals surface area contributed by atoms with Crippen molar-refractivity contribution in [1.29, 1.82) is 0 Å². The van der Waals surface area contributed by atoms with Gasteiger partial charge in [-0.1, -0.05) is 25.7 Å². The Morgan fingerprint density at radius 1 is 1.30 bits per heavy atom. The summed E-state index contributed by atoms with van der Waals surface area (Å²) in [7, 11) is -2.10. The molecule has 0 aliphatic heterocycles. The van der Waals surface area contributed by atoms with Crippen LogP contribution in [0.15, 0.2) is 23.1 Å². The van der Waals surface area contributed by atoms with Gasteiger partial charge < -0.3 is 11.1 Å². The summed E-state index contributed by atoms with van der Waals surface area (Å²) >= 11 is 0. The van der Waals surface area contributed by atoms with Gasteiger partial charge in [0.2, 0.25) is 10.0 Å². The first-order chi connectivity index (χ1) is 9.53. The lowest BCUT2D eigenvalue weighted by Crippen LogP contribution is -2.20. The summed E-state index contributed by atoms with van der Waals surface area (Å²) in [6.07, 6.45) is 6.55. The molecule has 1 aromatic rings. The normalized spacial score (nSPS) is 16.4. The molecule has 1 aliphatic carbocycles. The van der Waals surface area contributed by atoms with E-state index in [0.29, 0.717) is 0 Å². The van der Waals surface area contributed by atoms with E-state index in [9.17, 15) is 8.42 Å². The smallest absolute Gasteiger partial charge is 0.242 e. The van der Waals surface area contributed by atoms with Crippen LogP contribution in [-0.4, -0.2) is 22.0 Å². The van der Waals surface area contributed by atoms with E-state index in [1.165, 1.54) is 32.7 Å². The number of nitrogens with one attached hydrogen (secondary N) is 2. The van der Waals surface area contributed by atoms with Crippen LogP contribution in [0.25, 0.3) is 0 Å². The van der Waals surface area contributed by atoms with Crippen LogP contribution < -0.4 is 15.8 Å². The van der Waals surface area contributed by atoms with Crippen molar-refractivity contribution in [2.24, 2.45) is 5.92 Å². The van der Waals surface area contributed by atoms with Gasteiger partial charge in [0.25, 0.3) is 0 Å². The molecule has 0 unspecified atom stereocenters. The Bertz CT molecular complexity index is 552. The van der Waals surface area contributed by atoms with Crippen LogP contribution in [0.4, 0.5) is 11.4 Å². The minimum Gasteiger partial charge on any atom is -0.398 e. The first-order valence-corrected chi connectivity index (χ1v) is 8.58. The van der Waals surface area contributed by atoms with Crippen molar-refractivity contribution >= 4 is 21.4 Å². The maximum atomic E-state index is 11.7. The molecule has 0 heterocycles. The number of hydrogen-bond donors (Lipinski definition) is 3. The monoisotopic (exact) mass is 297 g/mol. The molecule has 112 valence electrons. The van der Waals surface area contributed by atoms with Gasteiger partial charge in [0, 0.05) is 12.2 Å². The van der Waals surface area contributed by atoms with Gasteiger partial charge in [-0.05, 0) is 37.6 Å². The Morgan fingerprint density at radius 3 is 2.60 bits per heavy atom. The summed E-state index contributed by atoms with van der Waals surface area (Å²) in [5, 5.41) is 3.31. The van der Waals surface area contributed by atoms with Crippen molar-refractivity contribution < 1.29 is 8.42 Å². The molecule has 0 aromatic heterocycles. The molecule has 0 radical (unpaired) electrons. The molecule has 1 aromatic carbocycles. The van der Waals surface area contributed by atoms with Crippen molar-refractivity contribution in [3.05, 3.63) is 18.2 Å². The fourth-order valence-electron chi connectivity index (χ4n) is 2.73. The van der Waals surface area contributed by atoms with Gasteiger partial charge >= 0.3 is 0 Å². The summed E-state index contributed by atoms with van der Waals surface area (Å²) < 4.78 is 25.7. The topological polar surface area (TPSA) is 84.2 Å². The Morgan fingerprint density at radius 2 is 2.00 bits per heavy atom. The predicted octanol–water partition coefficient (Wildman–Crippen LogP) is 2.17. The number of nitrogen functional groups attached to an aromatic ring is 1. The second-order valence-electron chi connectivity index (χ2n) is 5.33. The van der Waals surface area contributed by atoms with E-state index in [2.05, 4.69) is 10.0 Å². The minimum atomic E-state index is -3.48. The number of nitrogens with two attached hydrogens (primary N) is 1. The zero-order chi connectivity index (χ0) is 14.6. The van der Waals surface area contributed by atoms with Crippen molar-refractivity contribution in [2.45, 2.75) is 37.0 Å². The molecule has 2 rings (SSSR count). The quantitative estimate of drug-likeness (QED) is 0.703. The van der Waals surface area contributed by atoms with E-state index in [1.54, 1.807) is 18.2 Å². The first kappa shape index (κ1) is 15.1. The third kappa shape index (κ3) is 3.64. The molecule has 1 fully saturated rings. The molecule has 20 heavy (non-hydrogen) atoms. The largest absolute Gasteiger partial charge is 0.398 e. The van der Waals surface area contributed by atoms with E-state index in [0.717, 1.165) is 24.6 Å². The van der Waals surface area contributed by atoms with Gasteiger partial charge in [0.05, 0.1) is 5.69 Å². The lowest BCUT2D eigenvalue weighted by molar-refractivity contribution is 0.518. The summed E-state index contributed by atoms with van der Waals surface area (Å²) in [5.74, 6) is 0.837. The second kappa shape index (κ2) is 6.45. The lowest BCUT2D eigenvalue weighted by Gasteiger charge is -2.12. The van der Waals surface area contributed by atoms with Gasteiger partial charge in [-0.3, -0.25) is 0 Å². The lowest BCUT2D eigenvalue weighted by atomic mass is 10.0. The summed E-state index contributed by atoms with van der Waals surface area (Å²) in [4.78, 5) is 0.126. The SMILES string of the molecule is CNS(=O)(=O)c1ccc(NCCC2CCCC2)cc1N. The number of sulfonamides is 1. The number of anilines is 2. The Balaban J connectivity index is 1.95. The molecule has 4 N–H and O–H groups in total. The predicted molar refractivity (Wildman–Crippen MR) is 82.2 cm³/mol. The maximum Gasteiger partial charge on any atom is 0.242 e. The van der Waals surface area contributed by atoms with Gasteiger partial charge in [0.1, 0.15) is 4.90 Å². The summed E-state index contributed by atoms with van der Waals surface area (Å²) in [5.41, 5.74) is 6.96. The minimum absolute atomic E-state index is 0.126. The third-order valence-electron chi connectivity index (χ3n) is 3.92. The highest BCUT2D eigenvalue weighted by Gasteiger charge is 2.16. The Hall–Kier alpha value is -1.27. The molecule has 5 nitrogen and oxygen atoms in total. The van der Waals surface area contributed by atoms with Crippen molar-refractivity contribution in [2.75, 3.05) is 24.6 Å². The zero-order valence-electron chi connectivity index (χ0n) is 11.9. The molecule has 1 aliphatic rings. The van der Waals surface area contributed by atoms with Crippen LogP contribution in [0.3, 0.4) is 0 Å². The van der Waals surface area contributed by atoms with Gasteiger partial charge in [-0.25, -0.2) is 13.1 Å². The van der Waals surface area contributed by atoms with Crippen molar-refractivity contribution in [1.82, 2.24) is 4.72 Å². The molecular weight excluding hydrogens is 274 g/mol. The second-order valence-corrected chi connectivity index (χ2v) is 7.18. The maximum absolute atomic E-state index is 11.7. The van der Waals surface area contributed by atoms with Crippen LogP contribution in [0.5, 0.6) is 0 Å². The molecular formula is C14H23N3O2S. The van der Waals surface area contributed by atoms with Crippen molar-refractivity contribution in [3.63, 3.8) is 0 Å². The average Bonchev–Trinajstić information content (AvgIpc) is 2.92. The number of rotatable bonds is 6. The van der Waals surface area contributed by atoms with E-state index in [1.807, 2.05) is 0 Å². The van der Waals surface area contributed by atoms with E-state index in [-0.39, 0.29) is 10.6 Å².